The van der Waals surface area contributed by atoms with Crippen LogP contribution in [0.4, 0.5) is 0 Å². The van der Waals surface area contributed by atoms with Crippen LogP contribution in [0.3, 0.4) is 0 Å². The second kappa shape index (κ2) is 4.03. The molecule has 0 amide bonds. The van der Waals surface area contributed by atoms with E-state index in [4.69, 9.17) is 27.9 Å². The summed E-state index contributed by atoms with van der Waals surface area (Å²) in [5.74, 6) is 0.0889. The quantitative estimate of drug-likeness (QED) is 0.591. The first-order valence-electron chi connectivity index (χ1n) is 4.70. The molecule has 1 aliphatic rings. The summed E-state index contributed by atoms with van der Waals surface area (Å²) in [6, 6.07) is 7.25. The fourth-order valence-electron chi connectivity index (χ4n) is 1.75. The minimum Gasteiger partial charge on any atom is -0.453 e. The normalized spacial score (nSPS) is 25.3. The van der Waals surface area contributed by atoms with Crippen molar-refractivity contribution in [3.63, 3.8) is 0 Å². The molecule has 1 aromatic rings. The molecule has 1 heterocycles. The number of hydrogen-bond acceptors (Lipinski definition) is 2. The van der Waals surface area contributed by atoms with Crippen molar-refractivity contribution < 1.29 is 9.53 Å². The highest BCUT2D eigenvalue weighted by molar-refractivity contribution is 6.30. The van der Waals surface area contributed by atoms with Gasteiger partial charge in [-0.1, -0.05) is 23.7 Å². The van der Waals surface area contributed by atoms with Gasteiger partial charge in [0.15, 0.2) is 5.60 Å². The van der Waals surface area contributed by atoms with Crippen LogP contribution in [-0.2, 0) is 15.1 Å². The van der Waals surface area contributed by atoms with Gasteiger partial charge in [0.1, 0.15) is 0 Å². The predicted molar refractivity (Wildman–Crippen MR) is 59.2 cm³/mol. The lowest BCUT2D eigenvalue weighted by Gasteiger charge is -2.25. The van der Waals surface area contributed by atoms with E-state index < -0.39 is 5.60 Å². The third-order valence-corrected chi connectivity index (χ3v) is 3.31. The van der Waals surface area contributed by atoms with Crippen LogP contribution in [0.15, 0.2) is 24.3 Å². The zero-order valence-corrected chi connectivity index (χ0v) is 9.52. The molecule has 1 saturated heterocycles. The van der Waals surface area contributed by atoms with Gasteiger partial charge in [0.25, 0.3) is 0 Å². The summed E-state index contributed by atoms with van der Waals surface area (Å²) in [6.45, 7) is 0. The Morgan fingerprint density at radius 3 is 2.47 bits per heavy atom. The average Bonchev–Trinajstić information content (AvgIpc) is 2.62. The summed E-state index contributed by atoms with van der Waals surface area (Å²) >= 11 is 11.7. The van der Waals surface area contributed by atoms with Gasteiger partial charge >= 0.3 is 5.97 Å². The molecule has 0 saturated carbocycles. The van der Waals surface area contributed by atoms with E-state index in [0.717, 1.165) is 5.56 Å². The molecule has 1 aromatic carbocycles. The lowest BCUT2D eigenvalue weighted by Crippen LogP contribution is -2.27. The largest absolute Gasteiger partial charge is 0.453 e. The Labute approximate surface area is 98.1 Å². The lowest BCUT2D eigenvalue weighted by atomic mass is 9.93. The van der Waals surface area contributed by atoms with Crippen molar-refractivity contribution >= 4 is 29.2 Å². The molecule has 1 fully saturated rings. The van der Waals surface area contributed by atoms with Crippen LogP contribution in [0.1, 0.15) is 18.4 Å². The number of carbonyl (C=O) groups is 1. The Bertz CT molecular complexity index is 375. The molecule has 0 N–H and O–H groups in total. The number of carbonyl (C=O) groups excluding carboxylic acids is 1. The molecular weight excluding hydrogens is 235 g/mol. The Balaban J connectivity index is 2.34. The fraction of sp³-hybridized carbons (Fsp3) is 0.364. The number of halogens is 2. The van der Waals surface area contributed by atoms with Gasteiger partial charge in [0.2, 0.25) is 0 Å². The third kappa shape index (κ3) is 1.97. The van der Waals surface area contributed by atoms with E-state index >= 15 is 0 Å². The minimum absolute atomic E-state index is 0.189. The summed E-state index contributed by atoms with van der Waals surface area (Å²) in [7, 11) is 0. The minimum atomic E-state index is -0.650. The molecule has 1 atom stereocenters. The van der Waals surface area contributed by atoms with E-state index in [1.165, 1.54) is 0 Å². The maximum atomic E-state index is 11.2. The van der Waals surface area contributed by atoms with Crippen LogP contribution < -0.4 is 0 Å². The van der Waals surface area contributed by atoms with Gasteiger partial charge in [-0.05, 0) is 17.7 Å². The molecule has 1 unspecified atom stereocenters. The van der Waals surface area contributed by atoms with E-state index in [9.17, 15) is 4.79 Å². The molecule has 4 heteroatoms. The van der Waals surface area contributed by atoms with Gasteiger partial charge in [-0.25, -0.2) is 0 Å². The third-order valence-electron chi connectivity index (χ3n) is 2.63. The van der Waals surface area contributed by atoms with Crippen LogP contribution in [0, 0.1) is 0 Å². The van der Waals surface area contributed by atoms with Crippen molar-refractivity contribution in [3.8, 4) is 0 Å². The number of hydrogen-bond donors (Lipinski definition) is 0. The van der Waals surface area contributed by atoms with Crippen LogP contribution >= 0.6 is 23.2 Å². The van der Waals surface area contributed by atoms with Crippen molar-refractivity contribution in [2.45, 2.75) is 18.4 Å². The second-order valence-corrected chi connectivity index (χ2v) is 4.31. The van der Waals surface area contributed by atoms with Gasteiger partial charge in [0, 0.05) is 17.9 Å². The second-order valence-electron chi connectivity index (χ2n) is 3.61. The van der Waals surface area contributed by atoms with Crippen molar-refractivity contribution in [1.29, 1.82) is 0 Å². The maximum absolute atomic E-state index is 11.2. The first-order valence-corrected chi connectivity index (χ1v) is 5.61. The number of cyclic esters (lactones) is 1. The van der Waals surface area contributed by atoms with Gasteiger partial charge in [-0.3, -0.25) is 4.79 Å². The molecule has 80 valence electrons. The molecular formula is C11H10Cl2O2. The number of alkyl halides is 1. The zero-order valence-electron chi connectivity index (χ0n) is 8.00. The molecule has 1 aliphatic heterocycles. The summed E-state index contributed by atoms with van der Waals surface area (Å²) in [6.07, 6.45) is 1.06. The summed E-state index contributed by atoms with van der Waals surface area (Å²) in [5.41, 5.74) is 0.260. The molecule has 0 aliphatic carbocycles. The molecule has 0 bridgehead atoms. The van der Waals surface area contributed by atoms with E-state index in [2.05, 4.69) is 0 Å². The summed E-state index contributed by atoms with van der Waals surface area (Å²) in [4.78, 5) is 11.2. The number of rotatable bonds is 2. The Morgan fingerprint density at radius 2 is 2.00 bits per heavy atom. The molecule has 0 spiro atoms. The fourth-order valence-corrected chi connectivity index (χ4v) is 2.22. The van der Waals surface area contributed by atoms with Crippen molar-refractivity contribution in [1.82, 2.24) is 0 Å². The van der Waals surface area contributed by atoms with Gasteiger partial charge in [0.05, 0.1) is 5.88 Å². The predicted octanol–water partition coefficient (Wildman–Crippen LogP) is 3.11. The van der Waals surface area contributed by atoms with Crippen LogP contribution in [0.5, 0.6) is 0 Å². The summed E-state index contributed by atoms with van der Waals surface area (Å²) in [5, 5.41) is 0.660. The van der Waals surface area contributed by atoms with E-state index in [0.29, 0.717) is 17.9 Å². The first-order chi connectivity index (χ1) is 7.16. The Kier molecular flexibility index (Phi) is 2.89. The van der Waals surface area contributed by atoms with E-state index in [1.807, 2.05) is 12.1 Å². The topological polar surface area (TPSA) is 26.3 Å². The van der Waals surface area contributed by atoms with Gasteiger partial charge in [-0.2, -0.15) is 0 Å². The Morgan fingerprint density at radius 1 is 1.33 bits per heavy atom. The standard InChI is InChI=1S/C11H10Cl2O2/c12-7-11(6-5-10(14)15-11)8-1-3-9(13)4-2-8/h1-4H,5-7H2. The van der Waals surface area contributed by atoms with Crippen LogP contribution in [0.2, 0.25) is 5.02 Å². The van der Waals surface area contributed by atoms with Crippen molar-refractivity contribution in [2.24, 2.45) is 0 Å². The SMILES string of the molecule is O=C1CCC(CCl)(c2ccc(Cl)cc2)O1. The number of esters is 1. The van der Waals surface area contributed by atoms with Crippen LogP contribution in [0.25, 0.3) is 0 Å². The Hall–Kier alpha value is -0.730. The van der Waals surface area contributed by atoms with Crippen LogP contribution in [-0.4, -0.2) is 11.8 Å². The highest BCUT2D eigenvalue weighted by Gasteiger charge is 2.41. The number of ether oxygens (including phenoxy) is 1. The molecule has 0 aromatic heterocycles. The maximum Gasteiger partial charge on any atom is 0.306 e. The molecule has 2 nitrogen and oxygen atoms in total. The highest BCUT2D eigenvalue weighted by Crippen LogP contribution is 2.38. The summed E-state index contributed by atoms with van der Waals surface area (Å²) < 4.78 is 5.31. The average molecular weight is 245 g/mol. The molecule has 0 radical (unpaired) electrons. The molecule has 15 heavy (non-hydrogen) atoms. The lowest BCUT2D eigenvalue weighted by molar-refractivity contribution is -0.147. The molecule has 2 rings (SSSR count). The zero-order chi connectivity index (χ0) is 10.9. The van der Waals surface area contributed by atoms with Gasteiger partial charge in [-0.15, -0.1) is 11.6 Å². The smallest absolute Gasteiger partial charge is 0.306 e. The van der Waals surface area contributed by atoms with E-state index in [-0.39, 0.29) is 11.8 Å². The first kappa shape index (κ1) is 10.8. The van der Waals surface area contributed by atoms with E-state index in [1.54, 1.807) is 12.1 Å². The van der Waals surface area contributed by atoms with Gasteiger partial charge < -0.3 is 4.74 Å². The number of benzene rings is 1. The highest BCUT2D eigenvalue weighted by atomic mass is 35.5. The van der Waals surface area contributed by atoms with Crippen molar-refractivity contribution in [3.05, 3.63) is 34.9 Å². The monoisotopic (exact) mass is 244 g/mol. The van der Waals surface area contributed by atoms with Crippen molar-refractivity contribution in [2.75, 3.05) is 5.88 Å².